The summed E-state index contributed by atoms with van der Waals surface area (Å²) in [6, 6.07) is 4.63. The van der Waals surface area contributed by atoms with Crippen molar-refractivity contribution in [2.24, 2.45) is 17.8 Å². The lowest BCUT2D eigenvalue weighted by Gasteiger charge is -2.39. The number of aryl methyl sites for hydroxylation is 1. The molecule has 5 rings (SSSR count). The van der Waals surface area contributed by atoms with Crippen molar-refractivity contribution >= 4 is 32.8 Å². The number of rotatable bonds is 4. The Morgan fingerprint density at radius 3 is 2.36 bits per heavy atom. The van der Waals surface area contributed by atoms with Gasteiger partial charge < -0.3 is 10.0 Å². The van der Waals surface area contributed by atoms with E-state index < -0.39 is 16.0 Å². The molecule has 3 heterocycles. The molecule has 2 atom stereocenters. The zero-order chi connectivity index (χ0) is 25.6. The molecular weight excluding hydrogens is 478 g/mol. The number of carbonyl (C=O) groups is 2. The van der Waals surface area contributed by atoms with Crippen molar-refractivity contribution in [3.8, 4) is 0 Å². The Morgan fingerprint density at radius 2 is 1.69 bits per heavy atom. The SMILES string of the molecule is C[C@H]1C[C@H](C)CN(C(=O)C2CCN(S(=O)(=O)c3ccc4nc5c(c(C(=O)O)c4c3)CCCC5)CC2)C1. The highest BCUT2D eigenvalue weighted by Gasteiger charge is 2.36. The molecule has 2 fully saturated rings. The van der Waals surface area contributed by atoms with Crippen LogP contribution >= 0.6 is 0 Å². The van der Waals surface area contributed by atoms with Crippen LogP contribution in [-0.4, -0.2) is 65.8 Å². The van der Waals surface area contributed by atoms with Gasteiger partial charge in [0.15, 0.2) is 0 Å². The third-order valence-electron chi connectivity index (χ3n) is 8.07. The normalized spacial score (nSPS) is 24.0. The minimum atomic E-state index is -3.82. The second-order valence-electron chi connectivity index (χ2n) is 11.0. The molecule has 9 heteroatoms. The summed E-state index contributed by atoms with van der Waals surface area (Å²) in [5, 5.41) is 10.4. The van der Waals surface area contributed by atoms with Crippen LogP contribution in [0.1, 0.15) is 67.6 Å². The number of carboxylic acids is 1. The summed E-state index contributed by atoms with van der Waals surface area (Å²) in [5.74, 6) is -0.0718. The van der Waals surface area contributed by atoms with Crippen LogP contribution in [-0.2, 0) is 27.7 Å². The maximum Gasteiger partial charge on any atom is 0.336 e. The van der Waals surface area contributed by atoms with Crippen LogP contribution in [0.2, 0.25) is 0 Å². The van der Waals surface area contributed by atoms with E-state index in [2.05, 4.69) is 18.8 Å². The summed E-state index contributed by atoms with van der Waals surface area (Å²) in [6.45, 7) is 6.48. The smallest absolute Gasteiger partial charge is 0.336 e. The molecule has 0 saturated carbocycles. The first-order chi connectivity index (χ1) is 17.1. The number of aromatic nitrogens is 1. The second-order valence-corrected chi connectivity index (χ2v) is 12.9. The van der Waals surface area contributed by atoms with E-state index in [1.54, 1.807) is 6.07 Å². The van der Waals surface area contributed by atoms with Crippen LogP contribution in [0.3, 0.4) is 0 Å². The van der Waals surface area contributed by atoms with E-state index >= 15 is 0 Å². The van der Waals surface area contributed by atoms with Gasteiger partial charge in [-0.05, 0) is 80.5 Å². The fourth-order valence-electron chi connectivity index (χ4n) is 6.40. The van der Waals surface area contributed by atoms with Crippen molar-refractivity contribution in [1.82, 2.24) is 14.2 Å². The van der Waals surface area contributed by atoms with E-state index in [-0.39, 0.29) is 35.4 Å². The molecule has 1 N–H and O–H groups in total. The Morgan fingerprint density at radius 1 is 1.03 bits per heavy atom. The molecule has 0 bridgehead atoms. The molecule has 1 aliphatic carbocycles. The van der Waals surface area contributed by atoms with Crippen molar-refractivity contribution in [2.75, 3.05) is 26.2 Å². The highest BCUT2D eigenvalue weighted by atomic mass is 32.2. The van der Waals surface area contributed by atoms with Gasteiger partial charge in [0.2, 0.25) is 15.9 Å². The van der Waals surface area contributed by atoms with Gasteiger partial charge in [-0.15, -0.1) is 0 Å². The molecular formula is C27H35N3O5S. The average Bonchev–Trinajstić information content (AvgIpc) is 2.85. The lowest BCUT2D eigenvalue weighted by molar-refractivity contribution is -0.139. The molecule has 0 spiro atoms. The van der Waals surface area contributed by atoms with Gasteiger partial charge in [0.1, 0.15) is 0 Å². The number of hydrogen-bond donors (Lipinski definition) is 1. The number of fused-ring (bicyclic) bond motifs is 2. The molecule has 3 aliphatic rings. The number of nitrogens with zero attached hydrogens (tertiary/aromatic N) is 3. The molecule has 2 aromatic rings. The number of likely N-dealkylation sites (tertiary alicyclic amines) is 1. The Labute approximate surface area is 212 Å². The largest absolute Gasteiger partial charge is 0.478 e. The van der Waals surface area contributed by atoms with E-state index in [0.717, 1.165) is 50.0 Å². The second kappa shape index (κ2) is 9.74. The molecule has 1 aromatic carbocycles. The fraction of sp³-hybridized carbons (Fsp3) is 0.593. The summed E-state index contributed by atoms with van der Waals surface area (Å²) in [4.78, 5) is 32.0. The Bertz CT molecular complexity index is 1290. The summed E-state index contributed by atoms with van der Waals surface area (Å²) >= 11 is 0. The monoisotopic (exact) mass is 513 g/mol. The Hall–Kier alpha value is -2.52. The first kappa shape index (κ1) is 25.1. The zero-order valence-corrected chi connectivity index (χ0v) is 21.9. The molecule has 2 aliphatic heterocycles. The van der Waals surface area contributed by atoms with Crippen LogP contribution in [0.5, 0.6) is 0 Å². The van der Waals surface area contributed by atoms with Crippen LogP contribution in [0.15, 0.2) is 23.1 Å². The predicted molar refractivity (Wildman–Crippen MR) is 136 cm³/mol. The number of amides is 1. The molecule has 2 saturated heterocycles. The van der Waals surface area contributed by atoms with Gasteiger partial charge in [0.05, 0.1) is 16.0 Å². The van der Waals surface area contributed by atoms with E-state index in [1.165, 1.54) is 16.4 Å². The maximum absolute atomic E-state index is 13.5. The van der Waals surface area contributed by atoms with Crippen molar-refractivity contribution in [3.63, 3.8) is 0 Å². The van der Waals surface area contributed by atoms with E-state index in [0.29, 0.717) is 42.0 Å². The number of benzene rings is 1. The van der Waals surface area contributed by atoms with Crippen LogP contribution in [0, 0.1) is 17.8 Å². The predicted octanol–water partition coefficient (Wildman–Crippen LogP) is 3.72. The summed E-state index contributed by atoms with van der Waals surface area (Å²) in [6.07, 6.45) is 5.41. The van der Waals surface area contributed by atoms with Gasteiger partial charge in [-0.25, -0.2) is 13.2 Å². The fourth-order valence-corrected chi connectivity index (χ4v) is 7.90. The minimum Gasteiger partial charge on any atom is -0.478 e. The van der Waals surface area contributed by atoms with Gasteiger partial charge in [-0.1, -0.05) is 13.8 Å². The number of sulfonamides is 1. The number of aromatic carboxylic acids is 1. The Balaban J connectivity index is 1.36. The first-order valence-corrected chi connectivity index (χ1v) is 14.6. The topological polar surface area (TPSA) is 108 Å². The molecule has 194 valence electrons. The van der Waals surface area contributed by atoms with Gasteiger partial charge >= 0.3 is 5.97 Å². The first-order valence-electron chi connectivity index (χ1n) is 13.1. The van der Waals surface area contributed by atoms with Gasteiger partial charge in [-0.3, -0.25) is 9.78 Å². The highest BCUT2D eigenvalue weighted by molar-refractivity contribution is 7.89. The number of carboxylic acid groups (broad SMARTS) is 1. The summed E-state index contributed by atoms with van der Waals surface area (Å²) in [7, 11) is -3.82. The summed E-state index contributed by atoms with van der Waals surface area (Å²) < 4.78 is 28.5. The molecule has 0 radical (unpaired) electrons. The van der Waals surface area contributed by atoms with E-state index in [4.69, 9.17) is 0 Å². The number of hydrogen-bond acceptors (Lipinski definition) is 5. The maximum atomic E-state index is 13.5. The third kappa shape index (κ3) is 4.63. The number of pyridine rings is 1. The van der Waals surface area contributed by atoms with E-state index in [9.17, 15) is 23.1 Å². The zero-order valence-electron chi connectivity index (χ0n) is 21.1. The minimum absolute atomic E-state index is 0.0820. The highest BCUT2D eigenvalue weighted by Crippen LogP contribution is 2.33. The molecule has 36 heavy (non-hydrogen) atoms. The number of piperidine rings is 2. The van der Waals surface area contributed by atoms with Crippen molar-refractivity contribution in [2.45, 2.75) is 63.7 Å². The lowest BCUT2D eigenvalue weighted by atomic mass is 9.89. The van der Waals surface area contributed by atoms with Gasteiger partial charge in [0.25, 0.3) is 0 Å². The summed E-state index contributed by atoms with van der Waals surface area (Å²) in [5.41, 5.74) is 2.24. The van der Waals surface area contributed by atoms with Gasteiger partial charge in [-0.2, -0.15) is 4.31 Å². The van der Waals surface area contributed by atoms with Crippen molar-refractivity contribution < 1.29 is 23.1 Å². The molecule has 8 nitrogen and oxygen atoms in total. The molecule has 1 amide bonds. The third-order valence-corrected chi connectivity index (χ3v) is 9.96. The van der Waals surface area contributed by atoms with Crippen LogP contribution in [0.25, 0.3) is 10.9 Å². The molecule has 1 aromatic heterocycles. The Kier molecular flexibility index (Phi) is 6.80. The standard InChI is InChI=1S/C27H35N3O5S/c1-17-13-18(2)16-29(15-17)26(31)19-9-11-30(12-10-19)36(34,35)20-7-8-24-22(14-20)25(27(32)33)21-5-3-4-6-23(21)28-24/h7-8,14,17-19H,3-6,9-13,15-16H2,1-2H3,(H,32,33)/t17-,18-/m0/s1. The van der Waals surface area contributed by atoms with Crippen molar-refractivity contribution in [1.29, 1.82) is 0 Å². The van der Waals surface area contributed by atoms with E-state index in [1.807, 2.05) is 4.90 Å². The number of carbonyl (C=O) groups excluding carboxylic acids is 1. The van der Waals surface area contributed by atoms with Gasteiger partial charge in [0, 0.05) is 43.2 Å². The van der Waals surface area contributed by atoms with Crippen LogP contribution < -0.4 is 0 Å². The van der Waals surface area contributed by atoms with Crippen molar-refractivity contribution in [3.05, 3.63) is 35.0 Å². The average molecular weight is 514 g/mol. The quantitative estimate of drug-likeness (QED) is 0.668. The molecule has 0 unspecified atom stereocenters. The van der Waals surface area contributed by atoms with Crippen LogP contribution in [0.4, 0.5) is 0 Å². The lowest BCUT2D eigenvalue weighted by Crippen LogP contribution is -2.48.